The minimum Gasteiger partial charge on any atom is -0.497 e. The van der Waals surface area contributed by atoms with Crippen molar-refractivity contribution in [2.24, 2.45) is 0 Å². The number of esters is 1. The fourth-order valence-electron chi connectivity index (χ4n) is 3.74. The number of benzene rings is 2. The van der Waals surface area contributed by atoms with E-state index >= 15 is 0 Å². The number of methoxy groups -OCH3 is 1. The Balaban J connectivity index is 1.49. The van der Waals surface area contributed by atoms with Gasteiger partial charge in [-0.15, -0.1) is 11.3 Å². The van der Waals surface area contributed by atoms with Gasteiger partial charge in [-0.05, 0) is 73.2 Å². The van der Waals surface area contributed by atoms with Gasteiger partial charge in [0.1, 0.15) is 10.6 Å². The summed E-state index contributed by atoms with van der Waals surface area (Å²) in [6.07, 6.45) is 1.79. The monoisotopic (exact) mass is 406 g/mol. The molecule has 0 spiro atoms. The van der Waals surface area contributed by atoms with Gasteiger partial charge in [-0.3, -0.25) is 4.79 Å². The number of carbonyl (C=O) groups is 2. The lowest BCUT2D eigenvalue weighted by Gasteiger charge is -2.16. The van der Waals surface area contributed by atoms with E-state index in [1.165, 1.54) is 16.9 Å². The number of ketones is 1. The number of ether oxygens (including phenoxy) is 2. The SMILES string of the molecule is COc1ccc2c(c1)CCc1cc(C(=O)OCC(=O)c3ccc(C)cc3C)sc1-2. The Kier molecular flexibility index (Phi) is 5.24. The molecule has 0 amide bonds. The van der Waals surface area contributed by atoms with Crippen molar-refractivity contribution >= 4 is 23.1 Å². The van der Waals surface area contributed by atoms with E-state index in [-0.39, 0.29) is 12.4 Å². The third-order valence-corrected chi connectivity index (χ3v) is 6.44. The Morgan fingerprint density at radius 3 is 2.55 bits per heavy atom. The first-order valence-electron chi connectivity index (χ1n) is 9.54. The molecular weight excluding hydrogens is 384 g/mol. The molecule has 0 radical (unpaired) electrons. The number of carbonyl (C=O) groups excluding carboxylic acids is 2. The Morgan fingerprint density at radius 1 is 1.00 bits per heavy atom. The molecule has 1 aliphatic carbocycles. The minimum absolute atomic E-state index is 0.186. The van der Waals surface area contributed by atoms with Crippen LogP contribution in [-0.4, -0.2) is 25.5 Å². The second kappa shape index (κ2) is 7.84. The third kappa shape index (κ3) is 3.83. The van der Waals surface area contributed by atoms with Crippen molar-refractivity contribution in [3.63, 3.8) is 0 Å². The number of hydrogen-bond donors (Lipinski definition) is 0. The number of aryl methyl sites for hydroxylation is 4. The van der Waals surface area contributed by atoms with Gasteiger partial charge in [-0.25, -0.2) is 4.79 Å². The summed E-state index contributed by atoms with van der Waals surface area (Å²) in [5.41, 5.74) is 6.10. The first-order chi connectivity index (χ1) is 14.0. The molecule has 4 nitrogen and oxygen atoms in total. The van der Waals surface area contributed by atoms with Gasteiger partial charge in [-0.2, -0.15) is 0 Å². The van der Waals surface area contributed by atoms with Crippen molar-refractivity contribution in [2.75, 3.05) is 13.7 Å². The smallest absolute Gasteiger partial charge is 0.348 e. The average Bonchev–Trinajstić information content (AvgIpc) is 3.16. The lowest BCUT2D eigenvalue weighted by Crippen LogP contribution is -2.14. The summed E-state index contributed by atoms with van der Waals surface area (Å²) in [6.45, 7) is 3.62. The molecule has 0 aliphatic heterocycles. The van der Waals surface area contributed by atoms with Gasteiger partial charge >= 0.3 is 5.97 Å². The molecule has 0 fully saturated rings. The standard InChI is InChI=1S/C24H22O4S/c1-14-4-8-19(15(2)10-14)21(25)13-28-24(26)22-12-17-6-5-16-11-18(27-3)7-9-20(16)23(17)29-22/h4,7-12H,5-6,13H2,1-3H3. The molecule has 1 heterocycles. The fourth-order valence-corrected chi connectivity index (χ4v) is 4.91. The van der Waals surface area contributed by atoms with Crippen LogP contribution in [0.3, 0.4) is 0 Å². The van der Waals surface area contributed by atoms with Crippen LogP contribution in [0.5, 0.6) is 5.75 Å². The topological polar surface area (TPSA) is 52.6 Å². The molecule has 29 heavy (non-hydrogen) atoms. The van der Waals surface area contributed by atoms with Crippen LogP contribution in [0.15, 0.2) is 42.5 Å². The number of hydrogen-bond acceptors (Lipinski definition) is 5. The number of rotatable bonds is 5. The zero-order chi connectivity index (χ0) is 20.5. The van der Waals surface area contributed by atoms with E-state index in [0.717, 1.165) is 45.7 Å². The normalized spacial score (nSPS) is 12.1. The van der Waals surface area contributed by atoms with Crippen LogP contribution in [0, 0.1) is 13.8 Å². The summed E-state index contributed by atoms with van der Waals surface area (Å²) in [6, 6.07) is 13.6. The highest BCUT2D eigenvalue weighted by Gasteiger charge is 2.23. The maximum Gasteiger partial charge on any atom is 0.348 e. The van der Waals surface area contributed by atoms with E-state index in [4.69, 9.17) is 9.47 Å². The summed E-state index contributed by atoms with van der Waals surface area (Å²) >= 11 is 1.43. The van der Waals surface area contributed by atoms with Gasteiger partial charge in [0.15, 0.2) is 6.61 Å². The predicted molar refractivity (Wildman–Crippen MR) is 114 cm³/mol. The van der Waals surface area contributed by atoms with Crippen molar-refractivity contribution in [1.29, 1.82) is 0 Å². The summed E-state index contributed by atoms with van der Waals surface area (Å²) < 4.78 is 10.6. The van der Waals surface area contributed by atoms with Gasteiger partial charge in [0, 0.05) is 10.4 Å². The fraction of sp³-hybridized carbons (Fsp3) is 0.250. The number of fused-ring (bicyclic) bond motifs is 3. The van der Waals surface area contributed by atoms with Crippen molar-refractivity contribution < 1.29 is 19.1 Å². The summed E-state index contributed by atoms with van der Waals surface area (Å²) in [4.78, 5) is 26.6. The van der Waals surface area contributed by atoms with Gasteiger partial charge in [0.2, 0.25) is 5.78 Å². The first-order valence-corrected chi connectivity index (χ1v) is 10.4. The van der Waals surface area contributed by atoms with E-state index in [1.807, 2.05) is 44.2 Å². The maximum atomic E-state index is 12.6. The molecule has 1 aromatic heterocycles. The van der Waals surface area contributed by atoms with Gasteiger partial charge in [0.05, 0.1) is 7.11 Å². The predicted octanol–water partition coefficient (Wildman–Crippen LogP) is 5.18. The van der Waals surface area contributed by atoms with Crippen LogP contribution >= 0.6 is 11.3 Å². The van der Waals surface area contributed by atoms with Gasteiger partial charge in [-0.1, -0.05) is 23.8 Å². The largest absolute Gasteiger partial charge is 0.497 e. The number of Topliss-reactive ketones (excluding diaryl/α,β-unsaturated/α-hetero) is 1. The van der Waals surface area contributed by atoms with Crippen molar-refractivity contribution in [1.82, 2.24) is 0 Å². The molecule has 1 aliphatic rings. The Hall–Kier alpha value is -2.92. The molecule has 2 aromatic carbocycles. The molecule has 0 unspecified atom stereocenters. The average molecular weight is 407 g/mol. The van der Waals surface area contributed by atoms with Crippen LogP contribution in [-0.2, 0) is 17.6 Å². The molecule has 148 valence electrons. The second-order valence-electron chi connectivity index (χ2n) is 7.31. The molecule has 4 rings (SSSR count). The van der Waals surface area contributed by atoms with Crippen molar-refractivity contribution in [3.8, 4) is 16.2 Å². The summed E-state index contributed by atoms with van der Waals surface area (Å²) in [5, 5.41) is 0. The third-order valence-electron chi connectivity index (χ3n) is 5.25. The van der Waals surface area contributed by atoms with Crippen molar-refractivity contribution in [3.05, 3.63) is 75.2 Å². The van der Waals surface area contributed by atoms with E-state index < -0.39 is 5.97 Å². The Bertz CT molecular complexity index is 1110. The van der Waals surface area contributed by atoms with E-state index in [1.54, 1.807) is 13.2 Å². The molecule has 0 saturated heterocycles. The first kappa shape index (κ1) is 19.4. The maximum absolute atomic E-state index is 12.6. The lowest BCUT2D eigenvalue weighted by atomic mass is 9.91. The van der Waals surface area contributed by atoms with Gasteiger partial charge < -0.3 is 9.47 Å². The summed E-state index contributed by atoms with van der Waals surface area (Å²) in [5.74, 6) is 0.209. The molecule has 3 aromatic rings. The highest BCUT2D eigenvalue weighted by molar-refractivity contribution is 7.17. The van der Waals surface area contributed by atoms with E-state index in [0.29, 0.717) is 10.4 Å². The van der Waals surface area contributed by atoms with Crippen LogP contribution in [0.4, 0.5) is 0 Å². The molecule has 0 atom stereocenters. The Morgan fingerprint density at radius 2 is 1.79 bits per heavy atom. The highest BCUT2D eigenvalue weighted by Crippen LogP contribution is 2.41. The second-order valence-corrected chi connectivity index (χ2v) is 8.36. The molecule has 5 heteroatoms. The van der Waals surface area contributed by atoms with E-state index in [9.17, 15) is 9.59 Å². The summed E-state index contributed by atoms with van der Waals surface area (Å²) in [7, 11) is 1.66. The molecule has 0 bridgehead atoms. The van der Waals surface area contributed by atoms with Crippen molar-refractivity contribution in [2.45, 2.75) is 26.7 Å². The van der Waals surface area contributed by atoms with Crippen LogP contribution in [0.25, 0.3) is 10.4 Å². The molecule has 0 saturated carbocycles. The zero-order valence-electron chi connectivity index (χ0n) is 16.7. The minimum atomic E-state index is -0.447. The van der Waals surface area contributed by atoms with Crippen LogP contribution in [0.1, 0.15) is 42.3 Å². The quantitative estimate of drug-likeness (QED) is 0.433. The van der Waals surface area contributed by atoms with E-state index in [2.05, 4.69) is 6.07 Å². The molecule has 0 N–H and O–H groups in total. The molecular formula is C24H22O4S. The zero-order valence-corrected chi connectivity index (χ0v) is 17.5. The van der Waals surface area contributed by atoms with Crippen LogP contribution in [0.2, 0.25) is 0 Å². The van der Waals surface area contributed by atoms with Crippen LogP contribution < -0.4 is 4.74 Å². The number of thiophene rings is 1. The lowest BCUT2D eigenvalue weighted by molar-refractivity contribution is 0.0479. The van der Waals surface area contributed by atoms with Gasteiger partial charge in [0.25, 0.3) is 0 Å². The highest BCUT2D eigenvalue weighted by atomic mass is 32.1. The Labute approximate surface area is 174 Å².